The number of hydrogen-bond donors (Lipinski definition) is 4. The van der Waals surface area contributed by atoms with Gasteiger partial charge in [0, 0.05) is 36.4 Å². The van der Waals surface area contributed by atoms with Crippen molar-refractivity contribution in [2.24, 2.45) is 4.99 Å². The monoisotopic (exact) mass is 554 g/mol. The Morgan fingerprint density at radius 3 is 2.66 bits per heavy atom. The Morgan fingerprint density at radius 1 is 1.02 bits per heavy atom. The van der Waals surface area contributed by atoms with Gasteiger partial charge in [0.25, 0.3) is 5.91 Å². The average molecular weight is 555 g/mol. The number of benzene rings is 2. The molecule has 11 heteroatoms. The minimum absolute atomic E-state index is 0.142. The minimum atomic E-state index is -0.142. The minimum Gasteiger partial charge on any atom is -0.352 e. The van der Waals surface area contributed by atoms with Crippen molar-refractivity contribution >= 4 is 34.1 Å². The number of guanidine groups is 1. The second-order valence-corrected chi connectivity index (χ2v) is 10.0. The van der Waals surface area contributed by atoms with Gasteiger partial charge in [0.1, 0.15) is 11.4 Å². The molecule has 4 aromatic rings. The highest BCUT2D eigenvalue weighted by Gasteiger charge is 2.25. The molecule has 0 atom stereocenters. The fourth-order valence-corrected chi connectivity index (χ4v) is 4.70. The first-order valence-electron chi connectivity index (χ1n) is 13.6. The van der Waals surface area contributed by atoms with E-state index in [-0.39, 0.29) is 11.9 Å². The number of nitrogens with one attached hydrogen (secondary N) is 2. The van der Waals surface area contributed by atoms with Crippen LogP contribution >= 0.6 is 0 Å². The van der Waals surface area contributed by atoms with Crippen molar-refractivity contribution in [3.8, 4) is 11.3 Å². The zero-order valence-electron chi connectivity index (χ0n) is 23.2. The summed E-state index contributed by atoms with van der Waals surface area (Å²) in [5.74, 6) is 0.0155. The van der Waals surface area contributed by atoms with E-state index in [9.17, 15) is 15.2 Å². The van der Waals surface area contributed by atoms with Crippen molar-refractivity contribution in [3.63, 3.8) is 0 Å². The summed E-state index contributed by atoms with van der Waals surface area (Å²) in [7, 11) is 2.02. The van der Waals surface area contributed by atoms with E-state index in [0.29, 0.717) is 35.5 Å². The van der Waals surface area contributed by atoms with Gasteiger partial charge in [-0.05, 0) is 81.9 Å². The number of aryl methyl sites for hydroxylation is 1. The SMILES string of the molecule is Cc1ccc2c(c1)N(O)NC(=NCCCN(C)CCCNC(=O)c1cccc3ccc(-c4ccncc4)nc13)N2O. The van der Waals surface area contributed by atoms with Crippen LogP contribution in [0.15, 0.2) is 78.0 Å². The number of hydrogen-bond acceptors (Lipinski definition) is 8. The number of rotatable bonds is 10. The Labute approximate surface area is 238 Å². The summed E-state index contributed by atoms with van der Waals surface area (Å²) in [6, 6.07) is 18.7. The van der Waals surface area contributed by atoms with Crippen molar-refractivity contribution in [2.45, 2.75) is 19.8 Å². The Morgan fingerprint density at radius 2 is 1.83 bits per heavy atom. The maximum Gasteiger partial charge on any atom is 0.253 e. The van der Waals surface area contributed by atoms with Gasteiger partial charge in [0.15, 0.2) is 0 Å². The van der Waals surface area contributed by atoms with Crippen LogP contribution in [0, 0.1) is 6.92 Å². The number of hydroxylamine groups is 1. The fraction of sp³-hybridized carbons (Fsp3) is 0.267. The molecule has 0 spiro atoms. The maximum atomic E-state index is 13.0. The number of para-hydroxylation sites is 1. The number of pyridine rings is 2. The first-order chi connectivity index (χ1) is 19.9. The van der Waals surface area contributed by atoms with Gasteiger partial charge in [0.05, 0.1) is 16.8 Å². The lowest BCUT2D eigenvalue weighted by Crippen LogP contribution is -2.52. The van der Waals surface area contributed by atoms with Crippen LogP contribution in [0.1, 0.15) is 28.8 Å². The largest absolute Gasteiger partial charge is 0.352 e. The highest BCUT2D eigenvalue weighted by Crippen LogP contribution is 2.31. The van der Waals surface area contributed by atoms with Crippen LogP contribution in [-0.2, 0) is 0 Å². The average Bonchev–Trinajstić information content (AvgIpc) is 2.99. The lowest BCUT2D eigenvalue weighted by molar-refractivity contribution is 0.0953. The van der Waals surface area contributed by atoms with Gasteiger partial charge < -0.3 is 10.2 Å². The van der Waals surface area contributed by atoms with Crippen LogP contribution in [0.2, 0.25) is 0 Å². The van der Waals surface area contributed by atoms with Crippen LogP contribution in [0.4, 0.5) is 11.4 Å². The Kier molecular flexibility index (Phi) is 8.68. The normalized spacial score (nSPS) is 13.9. The summed E-state index contributed by atoms with van der Waals surface area (Å²) in [4.78, 5) is 28.4. The van der Waals surface area contributed by atoms with Crippen molar-refractivity contribution < 1.29 is 15.2 Å². The molecule has 1 aliphatic rings. The quantitative estimate of drug-likeness (QED) is 0.215. The number of hydrazine groups is 1. The second-order valence-electron chi connectivity index (χ2n) is 10.0. The number of aromatic nitrogens is 2. The van der Waals surface area contributed by atoms with E-state index in [2.05, 4.69) is 25.6 Å². The van der Waals surface area contributed by atoms with E-state index < -0.39 is 0 Å². The van der Waals surface area contributed by atoms with Gasteiger partial charge in [-0.1, -0.05) is 24.3 Å². The molecule has 0 unspecified atom stereocenters. The zero-order valence-corrected chi connectivity index (χ0v) is 23.2. The van der Waals surface area contributed by atoms with Gasteiger partial charge in [-0.3, -0.25) is 20.2 Å². The smallest absolute Gasteiger partial charge is 0.253 e. The summed E-state index contributed by atoms with van der Waals surface area (Å²) in [6.07, 6.45) is 5.00. The number of carbonyl (C=O) groups excluding carboxylic acids is 1. The van der Waals surface area contributed by atoms with Crippen LogP contribution in [0.5, 0.6) is 0 Å². The highest BCUT2D eigenvalue weighted by atomic mass is 16.6. The van der Waals surface area contributed by atoms with E-state index in [1.165, 1.54) is 0 Å². The molecule has 0 aliphatic carbocycles. The molecule has 41 heavy (non-hydrogen) atoms. The number of nitrogens with zero attached hydrogens (tertiary/aromatic N) is 6. The van der Waals surface area contributed by atoms with E-state index in [4.69, 9.17) is 4.98 Å². The molecule has 2 aromatic carbocycles. The molecule has 1 amide bonds. The predicted octanol–water partition coefficient (Wildman–Crippen LogP) is 4.01. The molecule has 3 heterocycles. The summed E-state index contributed by atoms with van der Waals surface area (Å²) >= 11 is 0. The molecule has 212 valence electrons. The van der Waals surface area contributed by atoms with E-state index in [1.807, 2.05) is 56.4 Å². The van der Waals surface area contributed by atoms with Crippen LogP contribution in [0.3, 0.4) is 0 Å². The molecule has 2 aromatic heterocycles. The first kappa shape index (κ1) is 28.0. The summed E-state index contributed by atoms with van der Waals surface area (Å²) in [5.41, 5.74) is 7.51. The van der Waals surface area contributed by atoms with Crippen LogP contribution in [-0.4, -0.2) is 70.4 Å². The topological polar surface area (TPSA) is 129 Å². The summed E-state index contributed by atoms with van der Waals surface area (Å²) in [6.45, 7) is 4.51. The molecule has 11 nitrogen and oxygen atoms in total. The molecule has 0 saturated heterocycles. The lowest BCUT2D eigenvalue weighted by atomic mass is 10.1. The second kappa shape index (κ2) is 12.7. The van der Waals surface area contributed by atoms with Gasteiger partial charge in [0.2, 0.25) is 5.96 Å². The summed E-state index contributed by atoms with van der Waals surface area (Å²) in [5, 5.41) is 26.5. The van der Waals surface area contributed by atoms with Crippen molar-refractivity contribution in [2.75, 3.05) is 43.5 Å². The van der Waals surface area contributed by atoms with Crippen molar-refractivity contribution in [1.82, 2.24) is 25.6 Å². The molecular formula is C30H34N8O3. The van der Waals surface area contributed by atoms with Gasteiger partial charge in [-0.25, -0.2) is 15.4 Å². The molecule has 5 rings (SSSR count). The third-order valence-electron chi connectivity index (χ3n) is 6.90. The van der Waals surface area contributed by atoms with Gasteiger partial charge in [-0.2, -0.15) is 10.2 Å². The molecule has 0 fully saturated rings. The van der Waals surface area contributed by atoms with Crippen molar-refractivity contribution in [3.05, 3.63) is 84.2 Å². The van der Waals surface area contributed by atoms with Gasteiger partial charge in [-0.15, -0.1) is 0 Å². The molecule has 0 radical (unpaired) electrons. The third kappa shape index (κ3) is 6.60. The Bertz CT molecular complexity index is 1550. The standard InChI is InChI=1S/C30H34N8O3/c1-21-8-11-26-27(20-21)38(41)35-30(37(26)40)33-15-5-19-36(2)18-4-14-32-29(39)24-7-3-6-23-9-10-25(34-28(23)24)22-12-16-31-17-13-22/h3,6-13,16-17,20,40-41H,4-5,14-15,18-19H2,1-2H3,(H,32,39)(H,33,35). The highest BCUT2D eigenvalue weighted by molar-refractivity contribution is 6.06. The molecule has 0 bridgehead atoms. The Hall–Kier alpha value is -4.58. The molecular weight excluding hydrogens is 520 g/mol. The van der Waals surface area contributed by atoms with E-state index >= 15 is 0 Å². The fourth-order valence-electron chi connectivity index (χ4n) is 4.70. The predicted molar refractivity (Wildman–Crippen MR) is 159 cm³/mol. The zero-order chi connectivity index (χ0) is 28.8. The number of fused-ring (bicyclic) bond motifs is 2. The third-order valence-corrected chi connectivity index (χ3v) is 6.90. The maximum absolute atomic E-state index is 13.0. The van der Waals surface area contributed by atoms with Crippen LogP contribution in [0.25, 0.3) is 22.2 Å². The Balaban J connectivity index is 1.07. The molecule has 0 saturated carbocycles. The number of anilines is 2. The number of amides is 1. The number of aliphatic imine (C=N–C) groups is 1. The first-order valence-corrected chi connectivity index (χ1v) is 13.6. The van der Waals surface area contributed by atoms with E-state index in [0.717, 1.165) is 58.4 Å². The van der Waals surface area contributed by atoms with Gasteiger partial charge >= 0.3 is 0 Å². The molecule has 1 aliphatic heterocycles. The van der Waals surface area contributed by atoms with Crippen LogP contribution < -0.4 is 21.0 Å². The molecule has 4 N–H and O–H groups in total. The summed E-state index contributed by atoms with van der Waals surface area (Å²) < 4.78 is 0. The van der Waals surface area contributed by atoms with Crippen molar-refractivity contribution in [1.29, 1.82) is 0 Å². The number of carbonyl (C=O) groups is 1. The van der Waals surface area contributed by atoms with E-state index in [1.54, 1.807) is 30.6 Å². The lowest BCUT2D eigenvalue weighted by Gasteiger charge is -2.33.